The molecule has 0 saturated carbocycles. The van der Waals surface area contributed by atoms with Gasteiger partial charge in [-0.15, -0.1) is 12.4 Å². The lowest BCUT2D eigenvalue weighted by atomic mass is 10.1. The molecule has 1 aromatic heterocycles. The van der Waals surface area contributed by atoms with Crippen molar-refractivity contribution >= 4 is 12.4 Å². The molecule has 0 aliphatic carbocycles. The van der Waals surface area contributed by atoms with Gasteiger partial charge >= 0.3 is 0 Å². The summed E-state index contributed by atoms with van der Waals surface area (Å²) in [6.07, 6.45) is 3.61. The van der Waals surface area contributed by atoms with Crippen molar-refractivity contribution in [1.82, 2.24) is 10.3 Å². The van der Waals surface area contributed by atoms with Crippen molar-refractivity contribution in [2.24, 2.45) is 0 Å². The zero-order valence-electron chi connectivity index (χ0n) is 15.6. The van der Waals surface area contributed by atoms with E-state index in [9.17, 15) is 0 Å². The van der Waals surface area contributed by atoms with Gasteiger partial charge in [0, 0.05) is 25.5 Å². The fourth-order valence-electron chi connectivity index (χ4n) is 2.72. The highest BCUT2D eigenvalue weighted by Crippen LogP contribution is 2.29. The highest BCUT2D eigenvalue weighted by atomic mass is 35.5. The number of ether oxygens (including phenoxy) is 2. The van der Waals surface area contributed by atoms with E-state index in [1.807, 2.05) is 36.4 Å². The molecular formula is C22H25ClN2O2. The van der Waals surface area contributed by atoms with Gasteiger partial charge in [-0.2, -0.15) is 0 Å². The van der Waals surface area contributed by atoms with Gasteiger partial charge in [0.1, 0.15) is 6.61 Å². The number of aromatic nitrogens is 1. The monoisotopic (exact) mass is 384 g/mol. The highest BCUT2D eigenvalue weighted by molar-refractivity contribution is 5.85. The van der Waals surface area contributed by atoms with Crippen LogP contribution in [0.2, 0.25) is 0 Å². The summed E-state index contributed by atoms with van der Waals surface area (Å²) in [5, 5.41) is 3.43. The second kappa shape index (κ2) is 10.6. The van der Waals surface area contributed by atoms with Crippen LogP contribution in [-0.2, 0) is 19.7 Å². The molecule has 0 radical (unpaired) electrons. The van der Waals surface area contributed by atoms with E-state index in [0.29, 0.717) is 6.61 Å². The van der Waals surface area contributed by atoms with E-state index in [1.165, 1.54) is 16.7 Å². The van der Waals surface area contributed by atoms with Gasteiger partial charge in [0.25, 0.3) is 0 Å². The fourth-order valence-corrected chi connectivity index (χ4v) is 2.72. The number of hydrogen-bond donors (Lipinski definition) is 1. The van der Waals surface area contributed by atoms with Crippen LogP contribution in [0.25, 0.3) is 0 Å². The van der Waals surface area contributed by atoms with E-state index < -0.39 is 0 Å². The molecule has 3 aromatic rings. The minimum absolute atomic E-state index is 0. The number of pyridine rings is 1. The minimum atomic E-state index is 0. The number of nitrogens with one attached hydrogen (secondary N) is 1. The first-order chi connectivity index (χ1) is 12.8. The van der Waals surface area contributed by atoms with Crippen LogP contribution in [0, 0.1) is 6.92 Å². The first-order valence-corrected chi connectivity index (χ1v) is 8.70. The third-order valence-corrected chi connectivity index (χ3v) is 4.28. The molecule has 0 fully saturated rings. The molecule has 4 nitrogen and oxygen atoms in total. The van der Waals surface area contributed by atoms with Crippen LogP contribution < -0.4 is 14.8 Å². The number of halogens is 1. The molecule has 0 amide bonds. The second-order valence-electron chi connectivity index (χ2n) is 6.16. The van der Waals surface area contributed by atoms with E-state index in [4.69, 9.17) is 9.47 Å². The number of aryl methyl sites for hydroxylation is 1. The van der Waals surface area contributed by atoms with E-state index in [-0.39, 0.29) is 12.4 Å². The molecule has 1 N–H and O–H groups in total. The third kappa shape index (κ3) is 5.98. The van der Waals surface area contributed by atoms with E-state index in [1.54, 1.807) is 19.5 Å². The van der Waals surface area contributed by atoms with E-state index in [2.05, 4.69) is 35.4 Å². The molecule has 0 atom stereocenters. The quantitative estimate of drug-likeness (QED) is 0.611. The van der Waals surface area contributed by atoms with Crippen molar-refractivity contribution in [1.29, 1.82) is 0 Å². The predicted octanol–water partition coefficient (Wildman–Crippen LogP) is 4.69. The molecule has 0 unspecified atom stereocenters. The second-order valence-corrected chi connectivity index (χ2v) is 6.16. The normalized spacial score (nSPS) is 10.1. The molecule has 142 valence electrons. The molecular weight excluding hydrogens is 360 g/mol. The number of rotatable bonds is 8. The number of hydrogen-bond acceptors (Lipinski definition) is 4. The van der Waals surface area contributed by atoms with Crippen molar-refractivity contribution in [3.8, 4) is 11.5 Å². The van der Waals surface area contributed by atoms with Crippen LogP contribution in [0.4, 0.5) is 0 Å². The molecule has 0 aliphatic rings. The maximum absolute atomic E-state index is 5.97. The Labute approximate surface area is 167 Å². The summed E-state index contributed by atoms with van der Waals surface area (Å²) in [4.78, 5) is 4.03. The zero-order chi connectivity index (χ0) is 18.2. The molecule has 0 bridgehead atoms. The summed E-state index contributed by atoms with van der Waals surface area (Å²) in [7, 11) is 1.67. The minimum Gasteiger partial charge on any atom is -0.493 e. The van der Waals surface area contributed by atoms with Gasteiger partial charge in [0.15, 0.2) is 11.5 Å². The van der Waals surface area contributed by atoms with E-state index >= 15 is 0 Å². The van der Waals surface area contributed by atoms with Crippen molar-refractivity contribution in [3.63, 3.8) is 0 Å². The smallest absolute Gasteiger partial charge is 0.161 e. The predicted molar refractivity (Wildman–Crippen MR) is 111 cm³/mol. The van der Waals surface area contributed by atoms with E-state index in [0.717, 1.165) is 30.2 Å². The number of nitrogens with zero attached hydrogens (tertiary/aromatic N) is 1. The number of benzene rings is 2. The lowest BCUT2D eigenvalue weighted by molar-refractivity contribution is 0.283. The van der Waals surface area contributed by atoms with Crippen molar-refractivity contribution in [2.75, 3.05) is 7.11 Å². The molecule has 27 heavy (non-hydrogen) atoms. The van der Waals surface area contributed by atoms with Gasteiger partial charge in [0.05, 0.1) is 7.11 Å². The first kappa shape index (κ1) is 20.7. The SMILES string of the molecule is COc1cc(CNCc2ccncc2)ccc1OCc1ccccc1C.Cl. The van der Waals surface area contributed by atoms with Crippen molar-refractivity contribution in [2.45, 2.75) is 26.6 Å². The standard InChI is InChI=1S/C22H24N2O2.ClH/c1-17-5-3-4-6-20(17)16-26-21-8-7-19(13-22(21)25-2)15-24-14-18-9-11-23-12-10-18;/h3-13,24H,14-16H2,1-2H3;1H. The Balaban J connectivity index is 0.00000261. The Morgan fingerprint density at radius 2 is 1.63 bits per heavy atom. The highest BCUT2D eigenvalue weighted by Gasteiger charge is 2.07. The first-order valence-electron chi connectivity index (χ1n) is 8.70. The molecule has 1 heterocycles. The maximum atomic E-state index is 5.97. The van der Waals surface area contributed by atoms with Gasteiger partial charge in [-0.25, -0.2) is 0 Å². The zero-order valence-corrected chi connectivity index (χ0v) is 16.5. The lowest BCUT2D eigenvalue weighted by Gasteiger charge is -2.13. The summed E-state index contributed by atoms with van der Waals surface area (Å²) >= 11 is 0. The molecule has 0 saturated heterocycles. The molecule has 2 aromatic carbocycles. The molecule has 3 rings (SSSR count). The van der Waals surface area contributed by atoms with Crippen LogP contribution in [-0.4, -0.2) is 12.1 Å². The van der Waals surface area contributed by atoms with Gasteiger partial charge < -0.3 is 14.8 Å². The Morgan fingerprint density at radius 1 is 0.889 bits per heavy atom. The molecule has 0 aliphatic heterocycles. The van der Waals surface area contributed by atoms with Crippen molar-refractivity contribution < 1.29 is 9.47 Å². The Kier molecular flexibility index (Phi) is 8.11. The summed E-state index contributed by atoms with van der Waals surface area (Å²) in [5.74, 6) is 1.51. The summed E-state index contributed by atoms with van der Waals surface area (Å²) in [6.45, 7) is 4.18. The fraction of sp³-hybridized carbons (Fsp3) is 0.227. The summed E-state index contributed by atoms with van der Waals surface area (Å²) < 4.78 is 11.5. The van der Waals surface area contributed by atoms with Crippen LogP contribution in [0.5, 0.6) is 11.5 Å². The summed E-state index contributed by atoms with van der Waals surface area (Å²) in [5.41, 5.74) is 4.77. The van der Waals surface area contributed by atoms with Crippen LogP contribution in [0.3, 0.4) is 0 Å². The Bertz CT molecular complexity index is 841. The van der Waals surface area contributed by atoms with Gasteiger partial charge in [-0.05, 0) is 53.4 Å². The Morgan fingerprint density at radius 3 is 2.37 bits per heavy atom. The van der Waals surface area contributed by atoms with Crippen LogP contribution >= 0.6 is 12.4 Å². The van der Waals surface area contributed by atoms with Gasteiger partial charge in [0.2, 0.25) is 0 Å². The average Bonchev–Trinajstić information content (AvgIpc) is 2.68. The molecule has 0 spiro atoms. The third-order valence-electron chi connectivity index (χ3n) is 4.28. The van der Waals surface area contributed by atoms with Gasteiger partial charge in [-0.1, -0.05) is 30.3 Å². The average molecular weight is 385 g/mol. The van der Waals surface area contributed by atoms with Crippen LogP contribution in [0.15, 0.2) is 67.0 Å². The largest absolute Gasteiger partial charge is 0.493 e. The number of methoxy groups -OCH3 is 1. The molecule has 5 heteroatoms. The Hall–Kier alpha value is -2.56. The lowest BCUT2D eigenvalue weighted by Crippen LogP contribution is -2.12. The topological polar surface area (TPSA) is 43.4 Å². The van der Waals surface area contributed by atoms with Crippen molar-refractivity contribution in [3.05, 3.63) is 89.2 Å². The van der Waals surface area contributed by atoms with Crippen LogP contribution in [0.1, 0.15) is 22.3 Å². The van der Waals surface area contributed by atoms with Gasteiger partial charge in [-0.3, -0.25) is 4.98 Å². The summed E-state index contributed by atoms with van der Waals surface area (Å²) in [6, 6.07) is 18.3. The maximum Gasteiger partial charge on any atom is 0.161 e.